The van der Waals surface area contributed by atoms with Crippen molar-refractivity contribution < 1.29 is 19.4 Å². The van der Waals surface area contributed by atoms with Gasteiger partial charge in [0.05, 0.1) is 12.2 Å². The third-order valence-corrected chi connectivity index (χ3v) is 3.56. The van der Waals surface area contributed by atoms with Crippen LogP contribution >= 0.6 is 11.3 Å². The van der Waals surface area contributed by atoms with Crippen LogP contribution in [0.25, 0.3) is 0 Å². The number of thiophene rings is 1. The van der Waals surface area contributed by atoms with Crippen LogP contribution in [-0.4, -0.2) is 30.4 Å². The molecule has 0 aromatic carbocycles. The summed E-state index contributed by atoms with van der Waals surface area (Å²) in [5, 5.41) is 8.76. The van der Waals surface area contributed by atoms with E-state index in [9.17, 15) is 4.79 Å². The van der Waals surface area contributed by atoms with Crippen LogP contribution in [0.1, 0.15) is 34.8 Å². The summed E-state index contributed by atoms with van der Waals surface area (Å²) < 4.78 is 10.8. The number of aromatic carboxylic acids is 1. The van der Waals surface area contributed by atoms with Gasteiger partial charge in [-0.05, 0) is 32.4 Å². The molecule has 0 amide bonds. The Labute approximate surface area is 105 Å². The summed E-state index contributed by atoms with van der Waals surface area (Å²) in [4.78, 5) is 11.9. The van der Waals surface area contributed by atoms with Crippen LogP contribution in [0.4, 0.5) is 0 Å². The van der Waals surface area contributed by atoms with E-state index in [0.717, 1.165) is 11.3 Å². The number of methoxy groups -OCH3 is 1. The quantitative estimate of drug-likeness (QED) is 0.764. The average Bonchev–Trinajstić information content (AvgIpc) is 2.73. The molecule has 1 aromatic rings. The van der Waals surface area contributed by atoms with Crippen LogP contribution in [-0.2, 0) is 16.1 Å². The van der Waals surface area contributed by atoms with Crippen LogP contribution in [0.5, 0.6) is 0 Å². The van der Waals surface area contributed by atoms with Crippen molar-refractivity contribution in [3.8, 4) is 0 Å². The Bertz CT molecular complexity index is 370. The Morgan fingerprint density at radius 3 is 2.71 bits per heavy atom. The standard InChI is InChI=1S/C12H18O4S/c1-12(2,15-3)6-7-16-8-9-4-5-10(17-9)11(13)14/h4-5H,6-8H2,1-3H3,(H,13,14). The van der Waals surface area contributed by atoms with Crippen molar-refractivity contribution in [2.45, 2.75) is 32.5 Å². The number of carbonyl (C=O) groups is 1. The minimum atomic E-state index is -0.887. The van der Waals surface area contributed by atoms with Crippen LogP contribution in [0, 0.1) is 0 Å². The van der Waals surface area contributed by atoms with E-state index in [1.54, 1.807) is 19.2 Å². The largest absolute Gasteiger partial charge is 0.477 e. The zero-order valence-corrected chi connectivity index (χ0v) is 11.2. The normalized spacial score (nSPS) is 11.7. The zero-order chi connectivity index (χ0) is 12.9. The molecule has 0 unspecified atom stereocenters. The predicted octanol–water partition coefficient (Wildman–Crippen LogP) is 2.78. The number of hydrogen-bond acceptors (Lipinski definition) is 4. The number of rotatable bonds is 7. The summed E-state index contributed by atoms with van der Waals surface area (Å²) in [5.41, 5.74) is -0.179. The van der Waals surface area contributed by atoms with E-state index >= 15 is 0 Å². The second kappa shape index (κ2) is 6.14. The van der Waals surface area contributed by atoms with E-state index in [2.05, 4.69) is 0 Å². The third-order valence-electron chi connectivity index (χ3n) is 2.52. The molecule has 0 aliphatic heterocycles. The molecule has 0 atom stereocenters. The first-order valence-corrected chi connectivity index (χ1v) is 6.21. The Kier molecular flexibility index (Phi) is 5.11. The first-order valence-electron chi connectivity index (χ1n) is 5.39. The van der Waals surface area contributed by atoms with E-state index in [1.165, 1.54) is 11.3 Å². The lowest BCUT2D eigenvalue weighted by molar-refractivity contribution is -0.0121. The highest BCUT2D eigenvalue weighted by molar-refractivity contribution is 7.13. The summed E-state index contributed by atoms with van der Waals surface area (Å²) in [7, 11) is 1.68. The molecule has 0 saturated heterocycles. The van der Waals surface area contributed by atoms with Crippen molar-refractivity contribution >= 4 is 17.3 Å². The molecular formula is C12H18O4S. The molecule has 0 aliphatic carbocycles. The number of ether oxygens (including phenoxy) is 2. The fraction of sp³-hybridized carbons (Fsp3) is 0.583. The molecule has 17 heavy (non-hydrogen) atoms. The van der Waals surface area contributed by atoms with Crippen LogP contribution in [0.2, 0.25) is 0 Å². The highest BCUT2D eigenvalue weighted by Gasteiger charge is 2.15. The summed E-state index contributed by atoms with van der Waals surface area (Å²) in [5.74, 6) is -0.887. The van der Waals surface area contributed by atoms with Crippen molar-refractivity contribution in [2.75, 3.05) is 13.7 Å². The van der Waals surface area contributed by atoms with Gasteiger partial charge in [0.15, 0.2) is 0 Å². The Morgan fingerprint density at radius 1 is 1.47 bits per heavy atom. The monoisotopic (exact) mass is 258 g/mol. The van der Waals surface area contributed by atoms with Gasteiger partial charge in [-0.25, -0.2) is 4.79 Å². The van der Waals surface area contributed by atoms with Gasteiger partial charge in [0.25, 0.3) is 0 Å². The molecule has 1 rings (SSSR count). The minimum Gasteiger partial charge on any atom is -0.477 e. The van der Waals surface area contributed by atoms with E-state index in [0.29, 0.717) is 18.1 Å². The summed E-state index contributed by atoms with van der Waals surface area (Å²) in [6.07, 6.45) is 0.806. The first-order chi connectivity index (χ1) is 7.94. The van der Waals surface area contributed by atoms with Gasteiger partial charge in [0.1, 0.15) is 4.88 Å². The number of hydrogen-bond donors (Lipinski definition) is 1. The molecule has 0 spiro atoms. The number of carboxylic acid groups (broad SMARTS) is 1. The summed E-state index contributed by atoms with van der Waals surface area (Å²) in [6.45, 7) is 5.06. The molecule has 5 heteroatoms. The summed E-state index contributed by atoms with van der Waals surface area (Å²) in [6, 6.07) is 3.39. The molecule has 1 aromatic heterocycles. The maximum Gasteiger partial charge on any atom is 0.345 e. The van der Waals surface area contributed by atoms with Gasteiger partial charge in [0.2, 0.25) is 0 Å². The van der Waals surface area contributed by atoms with Crippen molar-refractivity contribution in [2.24, 2.45) is 0 Å². The Morgan fingerprint density at radius 2 is 2.18 bits per heavy atom. The molecule has 96 valence electrons. The lowest BCUT2D eigenvalue weighted by Gasteiger charge is -2.22. The van der Waals surface area contributed by atoms with Gasteiger partial charge in [-0.1, -0.05) is 0 Å². The van der Waals surface area contributed by atoms with Crippen molar-refractivity contribution in [1.82, 2.24) is 0 Å². The maximum atomic E-state index is 10.7. The molecule has 0 saturated carbocycles. The lowest BCUT2D eigenvalue weighted by atomic mass is 10.1. The van der Waals surface area contributed by atoms with Crippen LogP contribution in [0.15, 0.2) is 12.1 Å². The second-order valence-electron chi connectivity index (χ2n) is 4.34. The summed E-state index contributed by atoms with van der Waals surface area (Å²) >= 11 is 1.25. The van der Waals surface area contributed by atoms with Crippen LogP contribution < -0.4 is 0 Å². The third kappa shape index (κ3) is 4.85. The van der Waals surface area contributed by atoms with E-state index in [1.807, 2.05) is 13.8 Å². The molecule has 4 nitrogen and oxygen atoms in total. The maximum absolute atomic E-state index is 10.7. The average molecular weight is 258 g/mol. The van der Waals surface area contributed by atoms with Crippen LogP contribution in [0.3, 0.4) is 0 Å². The minimum absolute atomic E-state index is 0.179. The molecule has 0 radical (unpaired) electrons. The molecule has 0 fully saturated rings. The van der Waals surface area contributed by atoms with E-state index in [4.69, 9.17) is 14.6 Å². The molecule has 1 heterocycles. The van der Waals surface area contributed by atoms with E-state index in [-0.39, 0.29) is 5.60 Å². The fourth-order valence-electron chi connectivity index (χ4n) is 1.16. The van der Waals surface area contributed by atoms with Crippen molar-refractivity contribution in [3.05, 3.63) is 21.9 Å². The Hall–Kier alpha value is -0.910. The highest BCUT2D eigenvalue weighted by Crippen LogP contribution is 2.18. The fourth-order valence-corrected chi connectivity index (χ4v) is 1.95. The first kappa shape index (κ1) is 14.2. The number of carboxylic acids is 1. The van der Waals surface area contributed by atoms with E-state index < -0.39 is 5.97 Å². The van der Waals surface area contributed by atoms with Gasteiger partial charge in [0, 0.05) is 18.6 Å². The van der Waals surface area contributed by atoms with Gasteiger partial charge in [-0.2, -0.15) is 0 Å². The SMILES string of the molecule is COC(C)(C)CCOCc1ccc(C(=O)O)s1. The highest BCUT2D eigenvalue weighted by atomic mass is 32.1. The topological polar surface area (TPSA) is 55.8 Å². The van der Waals surface area contributed by atoms with Gasteiger partial charge in [-0.3, -0.25) is 0 Å². The Balaban J connectivity index is 2.29. The van der Waals surface area contributed by atoms with Gasteiger partial charge < -0.3 is 14.6 Å². The smallest absolute Gasteiger partial charge is 0.345 e. The molecule has 0 aliphatic rings. The van der Waals surface area contributed by atoms with Crippen molar-refractivity contribution in [1.29, 1.82) is 0 Å². The van der Waals surface area contributed by atoms with Gasteiger partial charge >= 0.3 is 5.97 Å². The van der Waals surface area contributed by atoms with Gasteiger partial charge in [-0.15, -0.1) is 11.3 Å². The predicted molar refractivity (Wildman–Crippen MR) is 66.6 cm³/mol. The molecule has 1 N–H and O–H groups in total. The van der Waals surface area contributed by atoms with Crippen molar-refractivity contribution in [3.63, 3.8) is 0 Å². The second-order valence-corrected chi connectivity index (χ2v) is 5.51. The zero-order valence-electron chi connectivity index (χ0n) is 10.4. The molecule has 0 bridgehead atoms. The lowest BCUT2D eigenvalue weighted by Crippen LogP contribution is -2.24. The molecular weight excluding hydrogens is 240 g/mol.